The number of hydrogen-bond acceptors (Lipinski definition) is 6. The zero-order chi connectivity index (χ0) is 18.0. The first-order valence-corrected chi connectivity index (χ1v) is 8.11. The summed E-state index contributed by atoms with van der Waals surface area (Å²) < 4.78 is 3.98. The van der Waals surface area contributed by atoms with Gasteiger partial charge in [-0.2, -0.15) is 0 Å². The van der Waals surface area contributed by atoms with Crippen LogP contribution < -0.4 is 22.1 Å². The molecule has 2 rings (SSSR count). The Morgan fingerprint density at radius 1 is 1.17 bits per heavy atom. The molecule has 24 heavy (non-hydrogen) atoms. The SMILES string of the molecule is CCn1c(SCC(=O)NNC(C)=O)nc2c1c(=O)n(C)c(=O)n2C. The average molecular weight is 354 g/mol. The number of carbonyl (C=O) groups is 2. The van der Waals surface area contributed by atoms with E-state index < -0.39 is 17.2 Å². The number of carbonyl (C=O) groups excluding carboxylic acids is 2. The maximum atomic E-state index is 12.4. The van der Waals surface area contributed by atoms with Crippen LogP contribution in [0.5, 0.6) is 0 Å². The Labute approximate surface area is 140 Å². The number of amides is 2. The lowest BCUT2D eigenvalue weighted by Crippen LogP contribution is -2.41. The van der Waals surface area contributed by atoms with Crippen LogP contribution in [0.25, 0.3) is 11.2 Å². The van der Waals surface area contributed by atoms with E-state index in [0.717, 1.165) is 16.3 Å². The van der Waals surface area contributed by atoms with Crippen LogP contribution in [0.3, 0.4) is 0 Å². The van der Waals surface area contributed by atoms with Gasteiger partial charge in [-0.1, -0.05) is 11.8 Å². The number of thioether (sulfide) groups is 1. The van der Waals surface area contributed by atoms with Crippen LogP contribution in [0.15, 0.2) is 14.7 Å². The molecule has 0 spiro atoms. The molecule has 2 aromatic heterocycles. The van der Waals surface area contributed by atoms with Crippen molar-refractivity contribution >= 4 is 34.7 Å². The normalized spacial score (nSPS) is 10.8. The first kappa shape index (κ1) is 17.8. The molecule has 0 aliphatic carbocycles. The molecule has 0 atom stereocenters. The fraction of sp³-hybridized carbons (Fsp3) is 0.462. The Balaban J connectivity index is 2.38. The van der Waals surface area contributed by atoms with Gasteiger partial charge >= 0.3 is 5.69 Å². The molecule has 0 aliphatic heterocycles. The quantitative estimate of drug-likeness (QED) is 0.521. The minimum absolute atomic E-state index is 0.00212. The second-order valence-electron chi connectivity index (χ2n) is 5.03. The van der Waals surface area contributed by atoms with Crippen LogP contribution in [-0.4, -0.2) is 36.3 Å². The summed E-state index contributed by atoms with van der Waals surface area (Å²) >= 11 is 1.11. The van der Waals surface area contributed by atoms with Gasteiger partial charge in [-0.3, -0.25) is 34.4 Å². The Hall–Kier alpha value is -2.56. The summed E-state index contributed by atoms with van der Waals surface area (Å²) in [5.41, 5.74) is 4.13. The predicted octanol–water partition coefficient (Wildman–Crippen LogP) is -1.29. The van der Waals surface area contributed by atoms with E-state index in [2.05, 4.69) is 15.8 Å². The number of aryl methyl sites for hydroxylation is 2. The molecule has 2 heterocycles. The summed E-state index contributed by atoms with van der Waals surface area (Å²) in [4.78, 5) is 51.1. The summed E-state index contributed by atoms with van der Waals surface area (Å²) in [7, 11) is 2.94. The van der Waals surface area contributed by atoms with E-state index in [0.29, 0.717) is 17.2 Å². The van der Waals surface area contributed by atoms with Crippen LogP contribution in [0.2, 0.25) is 0 Å². The lowest BCUT2D eigenvalue weighted by molar-refractivity contribution is -0.126. The third kappa shape index (κ3) is 3.20. The Morgan fingerprint density at radius 3 is 2.42 bits per heavy atom. The number of rotatable bonds is 4. The van der Waals surface area contributed by atoms with E-state index in [-0.39, 0.29) is 17.3 Å². The second-order valence-corrected chi connectivity index (χ2v) is 5.98. The predicted molar refractivity (Wildman–Crippen MR) is 88.6 cm³/mol. The molecule has 0 aromatic carbocycles. The average Bonchev–Trinajstić information content (AvgIpc) is 2.92. The maximum Gasteiger partial charge on any atom is 0.332 e. The summed E-state index contributed by atoms with van der Waals surface area (Å²) in [6, 6.07) is 0. The van der Waals surface area contributed by atoms with Crippen LogP contribution >= 0.6 is 11.8 Å². The third-order valence-electron chi connectivity index (χ3n) is 3.34. The number of nitrogens with zero attached hydrogens (tertiary/aromatic N) is 4. The first-order valence-electron chi connectivity index (χ1n) is 7.12. The molecule has 10 nitrogen and oxygen atoms in total. The highest BCUT2D eigenvalue weighted by Crippen LogP contribution is 2.21. The van der Waals surface area contributed by atoms with Gasteiger partial charge in [0.25, 0.3) is 5.56 Å². The fourth-order valence-corrected chi connectivity index (χ4v) is 3.01. The van der Waals surface area contributed by atoms with Crippen LogP contribution in [0, 0.1) is 0 Å². The fourth-order valence-electron chi connectivity index (χ4n) is 2.15. The summed E-state index contributed by atoms with van der Waals surface area (Å²) in [6.07, 6.45) is 0. The molecule has 130 valence electrons. The Morgan fingerprint density at radius 2 is 1.83 bits per heavy atom. The van der Waals surface area contributed by atoms with E-state index >= 15 is 0 Å². The number of hydrogen-bond donors (Lipinski definition) is 2. The monoisotopic (exact) mass is 354 g/mol. The number of fused-ring (bicyclic) bond motifs is 1. The van der Waals surface area contributed by atoms with E-state index in [4.69, 9.17) is 0 Å². The Kier molecular flexibility index (Phi) is 5.12. The molecule has 0 aliphatic rings. The zero-order valence-corrected chi connectivity index (χ0v) is 14.6. The highest BCUT2D eigenvalue weighted by atomic mass is 32.2. The van der Waals surface area contributed by atoms with Crippen molar-refractivity contribution in [2.24, 2.45) is 14.1 Å². The summed E-state index contributed by atoms with van der Waals surface area (Å²) in [5.74, 6) is -0.794. The largest absolute Gasteiger partial charge is 0.332 e. The minimum atomic E-state index is -0.465. The molecule has 2 aromatic rings. The van der Waals surface area contributed by atoms with E-state index in [1.54, 1.807) is 4.57 Å². The van der Waals surface area contributed by atoms with Gasteiger partial charge in [-0.05, 0) is 6.92 Å². The minimum Gasteiger partial charge on any atom is -0.313 e. The van der Waals surface area contributed by atoms with Crippen molar-refractivity contribution in [1.29, 1.82) is 0 Å². The first-order chi connectivity index (χ1) is 11.3. The zero-order valence-electron chi connectivity index (χ0n) is 13.7. The van der Waals surface area contributed by atoms with Gasteiger partial charge in [0.2, 0.25) is 11.8 Å². The van der Waals surface area contributed by atoms with E-state index in [1.165, 1.54) is 25.6 Å². The smallest absolute Gasteiger partial charge is 0.313 e. The standard InChI is InChI=1S/C13H18N6O4S/c1-5-19-9-10(17(3)13(23)18(4)11(9)22)14-12(19)24-6-8(21)16-15-7(2)20/h5-6H2,1-4H3,(H,15,20)(H,16,21). The van der Waals surface area contributed by atoms with Crippen molar-refractivity contribution in [3.8, 4) is 0 Å². The van der Waals surface area contributed by atoms with Crippen LogP contribution in [0.4, 0.5) is 0 Å². The molecule has 0 unspecified atom stereocenters. The van der Waals surface area contributed by atoms with Crippen molar-refractivity contribution in [2.45, 2.75) is 25.5 Å². The number of hydrazine groups is 1. The van der Waals surface area contributed by atoms with Gasteiger partial charge < -0.3 is 4.57 Å². The number of aromatic nitrogens is 4. The maximum absolute atomic E-state index is 12.4. The van der Waals surface area contributed by atoms with Crippen LogP contribution in [0.1, 0.15) is 13.8 Å². The number of nitrogens with one attached hydrogen (secondary N) is 2. The Bertz CT molecular complexity index is 925. The number of imidazole rings is 1. The molecule has 11 heteroatoms. The molecule has 0 saturated carbocycles. The van der Waals surface area contributed by atoms with Crippen molar-refractivity contribution in [1.82, 2.24) is 29.5 Å². The second kappa shape index (κ2) is 6.91. The van der Waals surface area contributed by atoms with E-state index in [1.807, 2.05) is 6.92 Å². The van der Waals surface area contributed by atoms with Crippen molar-refractivity contribution in [3.63, 3.8) is 0 Å². The lowest BCUT2D eigenvalue weighted by atomic mass is 10.5. The lowest BCUT2D eigenvalue weighted by Gasteiger charge is -2.07. The highest BCUT2D eigenvalue weighted by Gasteiger charge is 2.19. The summed E-state index contributed by atoms with van der Waals surface area (Å²) in [6.45, 7) is 3.58. The molecular weight excluding hydrogens is 336 g/mol. The van der Waals surface area contributed by atoms with E-state index in [9.17, 15) is 19.2 Å². The van der Waals surface area contributed by atoms with Gasteiger partial charge in [0.15, 0.2) is 16.3 Å². The van der Waals surface area contributed by atoms with Gasteiger partial charge in [-0.15, -0.1) is 0 Å². The van der Waals surface area contributed by atoms with Gasteiger partial charge in [0.05, 0.1) is 5.75 Å². The highest BCUT2D eigenvalue weighted by molar-refractivity contribution is 7.99. The molecule has 2 N–H and O–H groups in total. The van der Waals surface area contributed by atoms with Crippen molar-refractivity contribution in [3.05, 3.63) is 20.8 Å². The molecule has 0 saturated heterocycles. The molecule has 0 fully saturated rings. The molecule has 0 radical (unpaired) electrons. The van der Waals surface area contributed by atoms with Crippen molar-refractivity contribution in [2.75, 3.05) is 5.75 Å². The van der Waals surface area contributed by atoms with Gasteiger partial charge in [0.1, 0.15) is 0 Å². The van der Waals surface area contributed by atoms with Gasteiger partial charge in [-0.25, -0.2) is 9.78 Å². The molecule has 0 bridgehead atoms. The van der Waals surface area contributed by atoms with Gasteiger partial charge in [0, 0.05) is 27.6 Å². The third-order valence-corrected chi connectivity index (χ3v) is 4.32. The molecule has 2 amide bonds. The summed E-state index contributed by atoms with van der Waals surface area (Å²) in [5, 5.41) is 0.448. The van der Waals surface area contributed by atoms with Crippen LogP contribution in [-0.2, 0) is 30.2 Å². The topological polar surface area (TPSA) is 120 Å². The molecular formula is C13H18N6O4S. The van der Waals surface area contributed by atoms with Crippen molar-refractivity contribution < 1.29 is 9.59 Å².